The van der Waals surface area contributed by atoms with Gasteiger partial charge in [-0.25, -0.2) is 4.79 Å². The zero-order valence-electron chi connectivity index (χ0n) is 6.35. The number of hydrogen-bond acceptors (Lipinski definition) is 1. The van der Waals surface area contributed by atoms with Crippen molar-refractivity contribution in [2.24, 2.45) is 5.92 Å². The maximum Gasteiger partial charge on any atom is 0.381 e. The highest BCUT2D eigenvalue weighted by Gasteiger charge is 1.89. The van der Waals surface area contributed by atoms with Crippen LogP contribution in [0.25, 0.3) is 0 Å². The molecular formula is C8H12O2. The fourth-order valence-corrected chi connectivity index (χ4v) is 0.499. The third-order valence-electron chi connectivity index (χ3n) is 1.04. The Bertz CT molecular complexity index is 160. The molecule has 0 amide bonds. The van der Waals surface area contributed by atoms with Gasteiger partial charge in [-0.05, 0) is 12.3 Å². The van der Waals surface area contributed by atoms with Crippen LogP contribution in [-0.4, -0.2) is 11.1 Å². The minimum absolute atomic E-state index is 0.600. The summed E-state index contributed by atoms with van der Waals surface area (Å²) in [5.41, 5.74) is 0. The van der Waals surface area contributed by atoms with Gasteiger partial charge in [-0.2, -0.15) is 0 Å². The van der Waals surface area contributed by atoms with Crippen molar-refractivity contribution in [2.75, 3.05) is 0 Å². The Kier molecular flexibility index (Phi) is 4.39. The Morgan fingerprint density at radius 2 is 2.20 bits per heavy atom. The molecule has 0 saturated heterocycles. The summed E-state index contributed by atoms with van der Waals surface area (Å²) in [6, 6.07) is 0. The lowest BCUT2D eigenvalue weighted by Gasteiger charge is -1.96. The number of rotatable bonds is 2. The number of hydrogen-bond donors (Lipinski definition) is 1. The Hall–Kier alpha value is -0.970. The van der Waals surface area contributed by atoms with Gasteiger partial charge in [-0.1, -0.05) is 19.8 Å². The highest BCUT2D eigenvalue weighted by Crippen LogP contribution is 2.00. The van der Waals surface area contributed by atoms with Gasteiger partial charge < -0.3 is 5.11 Å². The van der Waals surface area contributed by atoms with E-state index in [1.807, 2.05) is 0 Å². The van der Waals surface area contributed by atoms with Crippen molar-refractivity contribution in [3.63, 3.8) is 0 Å². The van der Waals surface area contributed by atoms with Crippen LogP contribution in [0.2, 0.25) is 0 Å². The maximum atomic E-state index is 9.87. The van der Waals surface area contributed by atoms with Crippen molar-refractivity contribution in [1.29, 1.82) is 0 Å². The Morgan fingerprint density at radius 1 is 1.60 bits per heavy atom. The Labute approximate surface area is 61.2 Å². The third kappa shape index (κ3) is 7.03. The normalized spacial score (nSPS) is 8.70. The Balaban J connectivity index is 3.38. The fraction of sp³-hybridized carbons (Fsp3) is 0.625. The van der Waals surface area contributed by atoms with E-state index < -0.39 is 5.97 Å². The summed E-state index contributed by atoms with van der Waals surface area (Å²) in [6.45, 7) is 4.17. The van der Waals surface area contributed by atoms with Crippen LogP contribution in [-0.2, 0) is 4.79 Å². The van der Waals surface area contributed by atoms with Gasteiger partial charge in [0.15, 0.2) is 0 Å². The summed E-state index contributed by atoms with van der Waals surface area (Å²) in [5, 5.41) is 8.11. The lowest BCUT2D eigenvalue weighted by molar-refractivity contribution is -0.130. The van der Waals surface area contributed by atoms with Gasteiger partial charge in [0.05, 0.1) is 0 Å². The molecule has 0 aromatic rings. The van der Waals surface area contributed by atoms with E-state index in [9.17, 15) is 4.79 Å². The quantitative estimate of drug-likeness (QED) is 0.590. The minimum atomic E-state index is -1.04. The molecule has 0 aliphatic rings. The first kappa shape index (κ1) is 9.03. The van der Waals surface area contributed by atoms with Crippen molar-refractivity contribution >= 4 is 5.97 Å². The van der Waals surface area contributed by atoms with E-state index in [1.54, 1.807) is 0 Å². The monoisotopic (exact) mass is 140 g/mol. The lowest BCUT2D eigenvalue weighted by atomic mass is 10.1. The molecule has 10 heavy (non-hydrogen) atoms. The third-order valence-corrected chi connectivity index (χ3v) is 1.04. The van der Waals surface area contributed by atoms with Crippen molar-refractivity contribution in [3.05, 3.63) is 0 Å². The van der Waals surface area contributed by atoms with Crippen LogP contribution in [0.5, 0.6) is 0 Å². The SMILES string of the molecule is CC(C)CCC#CC(=O)O. The van der Waals surface area contributed by atoms with Crippen LogP contribution in [0.15, 0.2) is 0 Å². The molecule has 56 valence electrons. The van der Waals surface area contributed by atoms with E-state index in [4.69, 9.17) is 5.11 Å². The summed E-state index contributed by atoms with van der Waals surface area (Å²) in [6.07, 6.45) is 1.66. The number of carboxylic acids is 1. The van der Waals surface area contributed by atoms with Crippen LogP contribution in [0.4, 0.5) is 0 Å². The fourth-order valence-electron chi connectivity index (χ4n) is 0.499. The topological polar surface area (TPSA) is 37.3 Å². The molecular weight excluding hydrogens is 128 g/mol. The molecule has 0 bridgehead atoms. The second kappa shape index (κ2) is 4.87. The molecule has 0 aliphatic heterocycles. The Morgan fingerprint density at radius 3 is 2.60 bits per heavy atom. The summed E-state index contributed by atoms with van der Waals surface area (Å²) >= 11 is 0. The van der Waals surface area contributed by atoms with Gasteiger partial charge in [0.2, 0.25) is 0 Å². The average molecular weight is 140 g/mol. The van der Waals surface area contributed by atoms with Crippen LogP contribution in [0.1, 0.15) is 26.7 Å². The summed E-state index contributed by atoms with van der Waals surface area (Å²) in [5.74, 6) is 4.20. The largest absolute Gasteiger partial charge is 0.472 e. The second-order valence-electron chi connectivity index (χ2n) is 2.54. The van der Waals surface area contributed by atoms with Gasteiger partial charge >= 0.3 is 5.97 Å². The molecule has 0 rings (SSSR count). The molecule has 0 fully saturated rings. The van der Waals surface area contributed by atoms with Crippen molar-refractivity contribution in [1.82, 2.24) is 0 Å². The number of carboxylic acid groups (broad SMARTS) is 1. The minimum Gasteiger partial charge on any atom is -0.472 e. The van der Waals surface area contributed by atoms with Crippen LogP contribution in [0.3, 0.4) is 0 Å². The van der Waals surface area contributed by atoms with Crippen molar-refractivity contribution in [2.45, 2.75) is 26.7 Å². The van der Waals surface area contributed by atoms with Crippen molar-refractivity contribution in [3.8, 4) is 11.8 Å². The molecule has 0 spiro atoms. The standard InChI is InChI=1S/C8H12O2/c1-7(2)5-3-4-6-8(9)10/h7H,3,5H2,1-2H3,(H,9,10). The predicted molar refractivity (Wildman–Crippen MR) is 39.5 cm³/mol. The van der Waals surface area contributed by atoms with E-state index in [2.05, 4.69) is 25.7 Å². The first-order valence-electron chi connectivity index (χ1n) is 3.34. The summed E-state index contributed by atoms with van der Waals surface area (Å²) < 4.78 is 0. The highest BCUT2D eigenvalue weighted by molar-refractivity contribution is 5.86. The summed E-state index contributed by atoms with van der Waals surface area (Å²) in [4.78, 5) is 9.87. The number of carbonyl (C=O) groups is 1. The van der Waals surface area contributed by atoms with Crippen LogP contribution < -0.4 is 0 Å². The smallest absolute Gasteiger partial charge is 0.381 e. The van der Waals surface area contributed by atoms with Gasteiger partial charge in [-0.3, -0.25) is 0 Å². The molecule has 0 unspecified atom stereocenters. The first-order valence-corrected chi connectivity index (χ1v) is 3.34. The zero-order chi connectivity index (χ0) is 7.98. The first-order chi connectivity index (χ1) is 4.63. The van der Waals surface area contributed by atoms with E-state index >= 15 is 0 Å². The van der Waals surface area contributed by atoms with Gasteiger partial charge in [0.1, 0.15) is 0 Å². The van der Waals surface area contributed by atoms with E-state index in [-0.39, 0.29) is 0 Å². The predicted octanol–water partition coefficient (Wildman–Crippen LogP) is 1.51. The molecule has 0 radical (unpaired) electrons. The van der Waals surface area contributed by atoms with E-state index in [0.717, 1.165) is 6.42 Å². The van der Waals surface area contributed by atoms with Crippen LogP contribution >= 0.6 is 0 Å². The molecule has 2 heteroatoms. The lowest BCUT2D eigenvalue weighted by Crippen LogP contribution is -1.88. The van der Waals surface area contributed by atoms with Gasteiger partial charge in [0, 0.05) is 12.3 Å². The number of aliphatic carboxylic acids is 1. The summed E-state index contributed by atoms with van der Waals surface area (Å²) in [7, 11) is 0. The van der Waals surface area contributed by atoms with Crippen molar-refractivity contribution < 1.29 is 9.90 Å². The van der Waals surface area contributed by atoms with Gasteiger partial charge in [-0.15, -0.1) is 0 Å². The molecule has 0 atom stereocenters. The molecule has 0 aromatic heterocycles. The molecule has 0 saturated carbocycles. The van der Waals surface area contributed by atoms with Gasteiger partial charge in [0.25, 0.3) is 0 Å². The van der Waals surface area contributed by atoms with Crippen LogP contribution in [0, 0.1) is 17.8 Å². The average Bonchev–Trinajstić information content (AvgIpc) is 1.79. The maximum absolute atomic E-state index is 9.87. The molecule has 0 aliphatic carbocycles. The molecule has 0 heterocycles. The highest BCUT2D eigenvalue weighted by atomic mass is 16.4. The molecule has 2 nitrogen and oxygen atoms in total. The van der Waals surface area contributed by atoms with E-state index in [0.29, 0.717) is 12.3 Å². The molecule has 1 N–H and O–H groups in total. The zero-order valence-corrected chi connectivity index (χ0v) is 6.35. The van der Waals surface area contributed by atoms with E-state index in [1.165, 1.54) is 0 Å². The second-order valence-corrected chi connectivity index (χ2v) is 2.54. The molecule has 0 aromatic carbocycles.